The predicted octanol–water partition coefficient (Wildman–Crippen LogP) is 0.146. The lowest BCUT2D eigenvalue weighted by molar-refractivity contribution is -0.146. The second-order valence-electron chi connectivity index (χ2n) is 6.29. The molecular weight excluding hydrogens is 274 g/mol. The number of likely N-dealkylation sites (tertiary alicyclic amines) is 1. The van der Waals surface area contributed by atoms with E-state index in [4.69, 9.17) is 4.74 Å². The van der Waals surface area contributed by atoms with Crippen LogP contribution in [0.4, 0.5) is 4.79 Å². The van der Waals surface area contributed by atoms with Crippen LogP contribution in [-0.2, 0) is 14.3 Å². The van der Waals surface area contributed by atoms with E-state index in [-0.39, 0.29) is 17.4 Å². The largest absolute Gasteiger partial charge is 0.378 e. The highest BCUT2D eigenvalue weighted by Crippen LogP contribution is 2.38. The van der Waals surface area contributed by atoms with Crippen molar-refractivity contribution in [2.24, 2.45) is 0 Å². The molecule has 21 heavy (non-hydrogen) atoms. The van der Waals surface area contributed by atoms with Crippen LogP contribution >= 0.6 is 0 Å². The number of rotatable bonds is 3. The van der Waals surface area contributed by atoms with Crippen molar-refractivity contribution >= 4 is 17.8 Å². The van der Waals surface area contributed by atoms with Crippen LogP contribution in [-0.4, -0.2) is 54.1 Å². The first-order valence-corrected chi connectivity index (χ1v) is 7.45. The molecule has 2 saturated heterocycles. The standard InChI is InChI=1S/C14H21N3O4/c1-21-13(3-2-4-13)9-10(18)17-7-5-14(6-8-17)11(19)15-12(20)16-14/h2-9H2,1H3,(H2,15,16,19,20). The summed E-state index contributed by atoms with van der Waals surface area (Å²) in [6, 6.07) is -0.437. The normalized spacial score (nSPS) is 26.2. The zero-order valence-electron chi connectivity index (χ0n) is 12.2. The second kappa shape index (κ2) is 4.98. The topological polar surface area (TPSA) is 87.7 Å². The van der Waals surface area contributed by atoms with Crippen molar-refractivity contribution in [2.45, 2.75) is 49.7 Å². The number of nitrogens with zero attached hydrogens (tertiary/aromatic N) is 1. The van der Waals surface area contributed by atoms with Crippen LogP contribution in [0.25, 0.3) is 0 Å². The molecule has 1 saturated carbocycles. The highest BCUT2D eigenvalue weighted by atomic mass is 16.5. The van der Waals surface area contributed by atoms with Crippen molar-refractivity contribution in [1.82, 2.24) is 15.5 Å². The van der Waals surface area contributed by atoms with Crippen LogP contribution in [0, 0.1) is 0 Å². The van der Waals surface area contributed by atoms with Crippen molar-refractivity contribution in [3.63, 3.8) is 0 Å². The van der Waals surface area contributed by atoms with E-state index in [0.717, 1.165) is 19.3 Å². The minimum Gasteiger partial charge on any atom is -0.378 e. The first-order valence-electron chi connectivity index (χ1n) is 7.45. The number of imide groups is 1. The Labute approximate surface area is 123 Å². The summed E-state index contributed by atoms with van der Waals surface area (Å²) in [5, 5.41) is 4.97. The quantitative estimate of drug-likeness (QED) is 0.725. The summed E-state index contributed by atoms with van der Waals surface area (Å²) in [5.41, 5.74) is -1.09. The fourth-order valence-corrected chi connectivity index (χ4v) is 3.43. The molecule has 7 heteroatoms. The first-order chi connectivity index (χ1) is 9.99. The molecule has 1 aliphatic carbocycles. The molecule has 3 rings (SSSR count). The molecule has 2 heterocycles. The minimum absolute atomic E-state index is 0.0798. The minimum atomic E-state index is -0.816. The number of piperidine rings is 1. The maximum absolute atomic E-state index is 12.4. The van der Waals surface area contributed by atoms with Gasteiger partial charge in [-0.3, -0.25) is 14.9 Å². The Morgan fingerprint density at radius 1 is 1.24 bits per heavy atom. The van der Waals surface area contributed by atoms with Gasteiger partial charge >= 0.3 is 6.03 Å². The Morgan fingerprint density at radius 2 is 1.90 bits per heavy atom. The summed E-state index contributed by atoms with van der Waals surface area (Å²) in [5.74, 6) is -0.192. The molecule has 116 valence electrons. The van der Waals surface area contributed by atoms with Crippen molar-refractivity contribution in [1.29, 1.82) is 0 Å². The summed E-state index contributed by atoms with van der Waals surface area (Å²) in [4.78, 5) is 37.3. The number of methoxy groups -OCH3 is 1. The number of carbonyl (C=O) groups excluding carboxylic acids is 3. The third-order valence-corrected chi connectivity index (χ3v) is 5.16. The molecule has 0 aromatic carbocycles. The Kier molecular flexibility index (Phi) is 3.39. The fraction of sp³-hybridized carbons (Fsp3) is 0.786. The molecule has 0 aromatic heterocycles. The van der Waals surface area contributed by atoms with Crippen molar-refractivity contribution in [3.8, 4) is 0 Å². The van der Waals surface area contributed by atoms with Crippen LogP contribution in [0.5, 0.6) is 0 Å². The molecule has 0 radical (unpaired) electrons. The van der Waals surface area contributed by atoms with Crippen LogP contribution in [0.1, 0.15) is 38.5 Å². The van der Waals surface area contributed by atoms with Gasteiger partial charge in [-0.15, -0.1) is 0 Å². The number of hydrogen-bond donors (Lipinski definition) is 2. The molecule has 0 bridgehead atoms. The van der Waals surface area contributed by atoms with Gasteiger partial charge in [-0.2, -0.15) is 0 Å². The maximum atomic E-state index is 12.4. The average Bonchev–Trinajstić information content (AvgIpc) is 2.69. The average molecular weight is 295 g/mol. The van der Waals surface area contributed by atoms with Gasteiger partial charge in [0, 0.05) is 20.2 Å². The molecule has 3 aliphatic rings. The van der Waals surface area contributed by atoms with Gasteiger partial charge in [-0.25, -0.2) is 4.79 Å². The van der Waals surface area contributed by atoms with Gasteiger partial charge in [0.05, 0.1) is 12.0 Å². The third kappa shape index (κ3) is 2.39. The fourth-order valence-electron chi connectivity index (χ4n) is 3.43. The van der Waals surface area contributed by atoms with Gasteiger partial charge in [0.2, 0.25) is 5.91 Å². The van der Waals surface area contributed by atoms with Crippen LogP contribution in [0.2, 0.25) is 0 Å². The number of hydrogen-bond acceptors (Lipinski definition) is 4. The van der Waals surface area contributed by atoms with Gasteiger partial charge in [-0.05, 0) is 32.1 Å². The smallest absolute Gasteiger partial charge is 0.322 e. The van der Waals surface area contributed by atoms with Crippen LogP contribution in [0.3, 0.4) is 0 Å². The SMILES string of the molecule is COC1(CC(=O)N2CCC3(CC2)NC(=O)NC3=O)CCC1. The summed E-state index contributed by atoms with van der Waals surface area (Å²) in [6.07, 6.45) is 4.33. The van der Waals surface area contributed by atoms with Crippen molar-refractivity contribution in [2.75, 3.05) is 20.2 Å². The van der Waals surface area contributed by atoms with Gasteiger partial charge in [0.15, 0.2) is 0 Å². The molecule has 7 nitrogen and oxygen atoms in total. The molecule has 0 unspecified atom stereocenters. The lowest BCUT2D eigenvalue weighted by Gasteiger charge is -2.43. The van der Waals surface area contributed by atoms with E-state index in [1.54, 1.807) is 12.0 Å². The predicted molar refractivity (Wildman–Crippen MR) is 73.4 cm³/mol. The summed E-state index contributed by atoms with van der Waals surface area (Å²) in [7, 11) is 1.66. The second-order valence-corrected chi connectivity index (χ2v) is 6.29. The highest BCUT2D eigenvalue weighted by Gasteiger charge is 2.49. The zero-order chi connectivity index (χ0) is 15.1. The molecule has 0 aromatic rings. The Morgan fingerprint density at radius 3 is 2.33 bits per heavy atom. The van der Waals surface area contributed by atoms with Gasteiger partial charge in [-0.1, -0.05) is 0 Å². The lowest BCUT2D eigenvalue weighted by Crippen LogP contribution is -2.56. The zero-order valence-corrected chi connectivity index (χ0v) is 12.2. The van der Waals surface area contributed by atoms with E-state index >= 15 is 0 Å². The van der Waals surface area contributed by atoms with Gasteiger partial charge in [0.1, 0.15) is 5.54 Å². The molecule has 3 fully saturated rings. The molecule has 4 amide bonds. The lowest BCUT2D eigenvalue weighted by atomic mass is 9.77. The molecule has 1 spiro atoms. The number of urea groups is 1. The number of ether oxygens (including phenoxy) is 1. The molecular formula is C14H21N3O4. The van der Waals surface area contributed by atoms with Crippen molar-refractivity contribution < 1.29 is 19.1 Å². The monoisotopic (exact) mass is 295 g/mol. The van der Waals surface area contributed by atoms with Crippen molar-refractivity contribution in [3.05, 3.63) is 0 Å². The highest BCUT2D eigenvalue weighted by molar-refractivity contribution is 6.07. The maximum Gasteiger partial charge on any atom is 0.322 e. The number of nitrogens with one attached hydrogen (secondary N) is 2. The molecule has 0 atom stereocenters. The Balaban J connectivity index is 1.57. The summed E-state index contributed by atoms with van der Waals surface area (Å²) >= 11 is 0. The number of amides is 4. The summed E-state index contributed by atoms with van der Waals surface area (Å²) in [6.45, 7) is 0.985. The van der Waals surface area contributed by atoms with E-state index in [9.17, 15) is 14.4 Å². The molecule has 2 aliphatic heterocycles. The summed E-state index contributed by atoms with van der Waals surface area (Å²) < 4.78 is 5.49. The first kappa shape index (κ1) is 14.3. The van der Waals surface area contributed by atoms with Crippen LogP contribution < -0.4 is 10.6 Å². The van der Waals surface area contributed by atoms with E-state index in [2.05, 4.69) is 10.6 Å². The van der Waals surface area contributed by atoms with Crippen LogP contribution in [0.15, 0.2) is 0 Å². The Bertz CT molecular complexity index is 473. The van der Waals surface area contributed by atoms with E-state index in [1.807, 2.05) is 0 Å². The van der Waals surface area contributed by atoms with E-state index in [0.29, 0.717) is 32.4 Å². The molecule has 2 N–H and O–H groups in total. The van der Waals surface area contributed by atoms with Gasteiger partial charge < -0.3 is 15.0 Å². The third-order valence-electron chi connectivity index (χ3n) is 5.16. The van der Waals surface area contributed by atoms with E-state index < -0.39 is 11.6 Å². The van der Waals surface area contributed by atoms with E-state index in [1.165, 1.54) is 0 Å². The number of carbonyl (C=O) groups is 3. The Hall–Kier alpha value is -1.63. The van der Waals surface area contributed by atoms with Gasteiger partial charge in [0.25, 0.3) is 5.91 Å².